The van der Waals surface area contributed by atoms with E-state index in [0.29, 0.717) is 18.0 Å². The SMILES string of the molecule is C=CCN(Cc1ccccc1)Cn1nnn(Cc2cccs2)c1=S. The number of aromatic nitrogens is 4. The predicted molar refractivity (Wildman–Crippen MR) is 99.3 cm³/mol. The van der Waals surface area contributed by atoms with Crippen LogP contribution in [0.15, 0.2) is 60.5 Å². The lowest BCUT2D eigenvalue weighted by Gasteiger charge is -2.20. The van der Waals surface area contributed by atoms with Crippen LogP contribution in [0.3, 0.4) is 0 Å². The molecule has 0 bridgehead atoms. The van der Waals surface area contributed by atoms with Gasteiger partial charge in [-0.1, -0.05) is 42.5 Å². The van der Waals surface area contributed by atoms with E-state index in [1.165, 1.54) is 10.4 Å². The molecule has 0 aliphatic carbocycles. The molecule has 124 valence electrons. The van der Waals surface area contributed by atoms with Crippen LogP contribution in [0, 0.1) is 4.77 Å². The maximum atomic E-state index is 5.52. The van der Waals surface area contributed by atoms with Gasteiger partial charge in [0.25, 0.3) is 0 Å². The molecule has 24 heavy (non-hydrogen) atoms. The first-order chi connectivity index (χ1) is 11.8. The Hall–Kier alpha value is -2.09. The molecule has 5 nitrogen and oxygen atoms in total. The van der Waals surface area contributed by atoms with Gasteiger partial charge in [-0.2, -0.15) is 0 Å². The molecule has 0 spiro atoms. The second-order valence-electron chi connectivity index (χ2n) is 5.43. The standard InChI is InChI=1S/C17H19N5S2/c1-2-10-20(12-15-7-4-3-5-8-15)14-22-17(23)21(18-19-22)13-16-9-6-11-24-16/h2-9,11H,1,10,12-14H2. The average Bonchev–Trinajstić information content (AvgIpc) is 3.21. The molecule has 0 amide bonds. The van der Waals surface area contributed by atoms with Crippen molar-refractivity contribution in [1.29, 1.82) is 0 Å². The van der Waals surface area contributed by atoms with Gasteiger partial charge in [0.2, 0.25) is 4.77 Å². The summed E-state index contributed by atoms with van der Waals surface area (Å²) in [5.74, 6) is 0. The summed E-state index contributed by atoms with van der Waals surface area (Å²) in [6.07, 6.45) is 1.89. The zero-order valence-corrected chi connectivity index (χ0v) is 14.9. The van der Waals surface area contributed by atoms with Gasteiger partial charge in [-0.05, 0) is 39.7 Å². The fourth-order valence-corrected chi connectivity index (χ4v) is 3.31. The molecule has 2 heterocycles. The quantitative estimate of drug-likeness (QED) is 0.456. The van der Waals surface area contributed by atoms with Crippen molar-refractivity contribution in [3.05, 3.63) is 75.7 Å². The van der Waals surface area contributed by atoms with Crippen LogP contribution in [0.4, 0.5) is 0 Å². The van der Waals surface area contributed by atoms with Crippen LogP contribution in [-0.4, -0.2) is 31.2 Å². The Bertz CT molecular complexity index is 820. The highest BCUT2D eigenvalue weighted by atomic mass is 32.1. The number of thiophene rings is 1. The first-order valence-electron chi connectivity index (χ1n) is 7.66. The highest BCUT2D eigenvalue weighted by Crippen LogP contribution is 2.11. The van der Waals surface area contributed by atoms with Crippen LogP contribution < -0.4 is 0 Å². The molecule has 1 aromatic carbocycles. The highest BCUT2D eigenvalue weighted by Gasteiger charge is 2.10. The molecular formula is C17H19N5S2. The van der Waals surface area contributed by atoms with Gasteiger partial charge in [0.15, 0.2) is 0 Å². The van der Waals surface area contributed by atoms with E-state index in [1.54, 1.807) is 20.7 Å². The fourth-order valence-electron chi connectivity index (χ4n) is 2.43. The highest BCUT2D eigenvalue weighted by molar-refractivity contribution is 7.71. The summed E-state index contributed by atoms with van der Waals surface area (Å²) in [6, 6.07) is 14.4. The minimum atomic E-state index is 0.587. The summed E-state index contributed by atoms with van der Waals surface area (Å²) in [4.78, 5) is 3.44. The number of benzene rings is 1. The second-order valence-corrected chi connectivity index (χ2v) is 6.82. The third kappa shape index (κ3) is 4.25. The molecule has 7 heteroatoms. The van der Waals surface area contributed by atoms with Gasteiger partial charge in [-0.25, -0.2) is 9.36 Å². The first-order valence-corrected chi connectivity index (χ1v) is 8.95. The van der Waals surface area contributed by atoms with Crippen LogP contribution in [0.1, 0.15) is 10.4 Å². The maximum absolute atomic E-state index is 5.52. The van der Waals surface area contributed by atoms with Gasteiger partial charge in [0.1, 0.15) is 0 Å². The summed E-state index contributed by atoms with van der Waals surface area (Å²) < 4.78 is 4.15. The smallest absolute Gasteiger partial charge is 0.217 e. The summed E-state index contributed by atoms with van der Waals surface area (Å²) >= 11 is 7.21. The molecule has 2 aromatic heterocycles. The van der Waals surface area contributed by atoms with Gasteiger partial charge in [-0.3, -0.25) is 4.90 Å². The Morgan fingerprint density at radius 3 is 2.62 bits per heavy atom. The molecule has 3 aromatic rings. The van der Waals surface area contributed by atoms with Gasteiger partial charge >= 0.3 is 0 Å². The Kier molecular flexibility index (Phi) is 5.68. The largest absolute Gasteiger partial charge is 0.276 e. The summed E-state index contributed by atoms with van der Waals surface area (Å²) in [5, 5.41) is 10.5. The Labute approximate surface area is 150 Å². The van der Waals surface area contributed by atoms with E-state index in [4.69, 9.17) is 12.2 Å². The van der Waals surface area contributed by atoms with Crippen molar-refractivity contribution in [2.75, 3.05) is 6.54 Å². The second kappa shape index (κ2) is 8.14. The van der Waals surface area contributed by atoms with E-state index >= 15 is 0 Å². The molecule has 0 radical (unpaired) electrons. The third-order valence-electron chi connectivity index (χ3n) is 3.55. The average molecular weight is 358 g/mol. The monoisotopic (exact) mass is 357 g/mol. The normalized spacial score (nSPS) is 11.0. The van der Waals surface area contributed by atoms with E-state index in [9.17, 15) is 0 Å². The van der Waals surface area contributed by atoms with Crippen LogP contribution >= 0.6 is 23.6 Å². The molecule has 0 aliphatic rings. The van der Waals surface area contributed by atoms with E-state index in [0.717, 1.165) is 13.1 Å². The van der Waals surface area contributed by atoms with Crippen LogP contribution in [0.25, 0.3) is 0 Å². The van der Waals surface area contributed by atoms with Crippen LogP contribution in [0.5, 0.6) is 0 Å². The van der Waals surface area contributed by atoms with Gasteiger partial charge in [0, 0.05) is 18.0 Å². The van der Waals surface area contributed by atoms with Crippen molar-refractivity contribution < 1.29 is 0 Å². The number of rotatable bonds is 8. The van der Waals surface area contributed by atoms with Gasteiger partial charge in [-0.15, -0.1) is 17.9 Å². The van der Waals surface area contributed by atoms with E-state index in [1.807, 2.05) is 30.3 Å². The molecule has 0 saturated carbocycles. The number of hydrogen-bond donors (Lipinski definition) is 0. The van der Waals surface area contributed by atoms with Crippen molar-refractivity contribution >= 4 is 23.6 Å². The molecule has 0 saturated heterocycles. The fraction of sp³-hybridized carbons (Fsp3) is 0.235. The lowest BCUT2D eigenvalue weighted by Crippen LogP contribution is -2.27. The Balaban J connectivity index is 1.72. The van der Waals surface area contributed by atoms with Crippen molar-refractivity contribution in [1.82, 2.24) is 24.7 Å². The van der Waals surface area contributed by atoms with Crippen molar-refractivity contribution in [3.63, 3.8) is 0 Å². The zero-order chi connectivity index (χ0) is 16.8. The maximum Gasteiger partial charge on any atom is 0.217 e. The Morgan fingerprint density at radius 2 is 1.92 bits per heavy atom. The van der Waals surface area contributed by atoms with Crippen molar-refractivity contribution in [3.8, 4) is 0 Å². The topological polar surface area (TPSA) is 38.9 Å². The van der Waals surface area contributed by atoms with Gasteiger partial charge < -0.3 is 0 Å². The molecule has 0 N–H and O–H groups in total. The summed E-state index contributed by atoms with van der Waals surface area (Å²) in [5.41, 5.74) is 1.25. The third-order valence-corrected chi connectivity index (χ3v) is 4.84. The zero-order valence-electron chi connectivity index (χ0n) is 13.3. The number of nitrogens with zero attached hydrogens (tertiary/aromatic N) is 5. The van der Waals surface area contributed by atoms with Crippen molar-refractivity contribution in [2.45, 2.75) is 19.8 Å². The molecule has 0 fully saturated rings. The molecular weight excluding hydrogens is 338 g/mol. The van der Waals surface area contributed by atoms with Crippen molar-refractivity contribution in [2.24, 2.45) is 0 Å². The first kappa shape index (κ1) is 16.8. The summed E-state index contributed by atoms with van der Waals surface area (Å²) in [7, 11) is 0. The number of hydrogen-bond acceptors (Lipinski definition) is 5. The van der Waals surface area contributed by atoms with Crippen LogP contribution in [0.2, 0.25) is 0 Å². The summed E-state index contributed by atoms with van der Waals surface area (Å²) in [6.45, 7) is 6.67. The predicted octanol–water partition coefficient (Wildman–Crippen LogP) is 3.56. The molecule has 3 rings (SSSR count). The minimum Gasteiger partial charge on any atom is -0.276 e. The van der Waals surface area contributed by atoms with E-state index in [2.05, 4.69) is 45.5 Å². The van der Waals surface area contributed by atoms with E-state index < -0.39 is 0 Å². The lowest BCUT2D eigenvalue weighted by atomic mass is 10.2. The molecule has 0 aliphatic heterocycles. The molecule has 0 atom stereocenters. The Morgan fingerprint density at radius 1 is 1.12 bits per heavy atom. The minimum absolute atomic E-state index is 0.587. The number of tetrazole rings is 1. The van der Waals surface area contributed by atoms with Crippen LogP contribution in [-0.2, 0) is 19.8 Å². The lowest BCUT2D eigenvalue weighted by molar-refractivity contribution is 0.217. The van der Waals surface area contributed by atoms with Gasteiger partial charge in [0.05, 0.1) is 13.2 Å². The van der Waals surface area contributed by atoms with E-state index in [-0.39, 0.29) is 0 Å². The molecule has 0 unspecified atom stereocenters.